The number of aromatic nitrogens is 1. The highest BCUT2D eigenvalue weighted by Crippen LogP contribution is 2.28. The van der Waals surface area contributed by atoms with Crippen LogP contribution in [-0.4, -0.2) is 43.1 Å². The van der Waals surface area contributed by atoms with Crippen LogP contribution in [0.4, 0.5) is 15.9 Å². The molecule has 6 heteroatoms. The van der Waals surface area contributed by atoms with Gasteiger partial charge in [0.15, 0.2) is 0 Å². The van der Waals surface area contributed by atoms with Crippen LogP contribution >= 0.6 is 0 Å². The summed E-state index contributed by atoms with van der Waals surface area (Å²) < 4.78 is 19.1. The summed E-state index contributed by atoms with van der Waals surface area (Å²) in [5.41, 5.74) is 1.93. The predicted octanol–water partition coefficient (Wildman–Crippen LogP) is 3.89. The quantitative estimate of drug-likeness (QED) is 0.848. The summed E-state index contributed by atoms with van der Waals surface area (Å²) >= 11 is 0. The second-order valence-electron chi connectivity index (χ2n) is 8.24. The summed E-state index contributed by atoms with van der Waals surface area (Å²) in [5.74, 6) is 0.838. The number of hydrogen-bond acceptors (Lipinski definition) is 4. The van der Waals surface area contributed by atoms with Gasteiger partial charge in [0, 0.05) is 37.0 Å². The van der Waals surface area contributed by atoms with E-state index in [2.05, 4.69) is 34.1 Å². The van der Waals surface area contributed by atoms with Crippen molar-refractivity contribution in [2.24, 2.45) is 0 Å². The zero-order valence-electron chi connectivity index (χ0n) is 17.0. The van der Waals surface area contributed by atoms with Crippen LogP contribution in [-0.2, 0) is 11.2 Å². The average Bonchev–Trinajstić information content (AvgIpc) is 2.93. The van der Waals surface area contributed by atoms with Gasteiger partial charge in [0.1, 0.15) is 5.82 Å². The third-order valence-corrected chi connectivity index (χ3v) is 5.90. The second kappa shape index (κ2) is 8.99. The van der Waals surface area contributed by atoms with Crippen LogP contribution in [0, 0.1) is 0 Å². The molecule has 2 fully saturated rings. The Kier molecular flexibility index (Phi) is 6.19. The van der Waals surface area contributed by atoms with E-state index >= 15 is 0 Å². The van der Waals surface area contributed by atoms with Crippen molar-refractivity contribution in [2.75, 3.05) is 29.4 Å². The third kappa shape index (κ3) is 4.99. The molecule has 2 aromatic rings. The molecule has 0 aliphatic carbocycles. The molecular formula is C23H30FN3O2. The van der Waals surface area contributed by atoms with E-state index in [1.807, 2.05) is 24.0 Å². The monoisotopic (exact) mass is 399 g/mol. The Morgan fingerprint density at radius 1 is 1.14 bits per heavy atom. The fraction of sp³-hybridized carbons (Fsp3) is 0.522. The van der Waals surface area contributed by atoms with E-state index in [0.29, 0.717) is 12.6 Å². The van der Waals surface area contributed by atoms with Gasteiger partial charge in [-0.3, -0.25) is 4.79 Å². The van der Waals surface area contributed by atoms with Crippen molar-refractivity contribution >= 4 is 11.5 Å². The molecule has 3 atom stereocenters. The number of pyridine rings is 1. The molecule has 0 spiro atoms. The first kappa shape index (κ1) is 20.0. The number of nitrogens with zero attached hydrogens (tertiary/aromatic N) is 2. The molecular weight excluding hydrogens is 369 g/mol. The maximum atomic E-state index is 13.9. The van der Waals surface area contributed by atoms with E-state index in [0.717, 1.165) is 37.3 Å². The van der Waals surface area contributed by atoms with Crippen LogP contribution in [0.5, 0.6) is 0 Å². The van der Waals surface area contributed by atoms with Crippen LogP contribution in [0.15, 0.2) is 47.3 Å². The molecule has 0 bridgehead atoms. The Bertz CT molecular complexity index is 847. The van der Waals surface area contributed by atoms with E-state index < -0.39 is 6.36 Å². The maximum absolute atomic E-state index is 13.9. The summed E-state index contributed by atoms with van der Waals surface area (Å²) in [6.45, 7) is 3.51. The van der Waals surface area contributed by atoms with E-state index in [9.17, 15) is 9.18 Å². The number of anilines is 2. The molecule has 1 N–H and O–H groups in total. The van der Waals surface area contributed by atoms with Gasteiger partial charge in [0.05, 0.1) is 12.6 Å². The number of nitrogens with one attached hydrogen (secondary N) is 1. The van der Waals surface area contributed by atoms with Crippen LogP contribution < -0.4 is 15.4 Å². The first-order valence-corrected chi connectivity index (χ1v) is 10.7. The van der Waals surface area contributed by atoms with Gasteiger partial charge in [0.2, 0.25) is 6.36 Å². The number of rotatable bonds is 4. The topological polar surface area (TPSA) is 48.6 Å². The van der Waals surface area contributed by atoms with Crippen molar-refractivity contribution in [3.63, 3.8) is 0 Å². The fourth-order valence-corrected chi connectivity index (χ4v) is 4.55. The lowest BCUT2D eigenvalue weighted by Gasteiger charge is -2.36. The highest BCUT2D eigenvalue weighted by molar-refractivity contribution is 5.56. The lowest BCUT2D eigenvalue weighted by atomic mass is 10.0. The summed E-state index contributed by atoms with van der Waals surface area (Å²) in [6, 6.07) is 14.4. The molecule has 0 saturated carbocycles. The molecule has 0 amide bonds. The van der Waals surface area contributed by atoms with E-state index in [1.165, 1.54) is 18.4 Å². The summed E-state index contributed by atoms with van der Waals surface area (Å²) in [5, 5.41) is 0. The number of morpholine rings is 1. The van der Waals surface area contributed by atoms with Gasteiger partial charge in [-0.25, -0.2) is 4.39 Å². The number of hydrogen-bond donors (Lipinski definition) is 1. The van der Waals surface area contributed by atoms with E-state index in [4.69, 9.17) is 4.74 Å². The standard InChI is InChI=1S/C23H30FN3O2/c1-17-15-26(16-21(24)29-17)20-13-22(25-23(28)14-20)27-11-7-3-6-10-19(27)12-18-8-4-2-5-9-18/h2,4-5,8-9,13-14,17,19,21H,3,6-7,10-12,15-16H2,1H3,(H,25,28)/t17-,19?,21+/m1/s1. The number of aromatic amines is 1. The number of ether oxygens (including phenoxy) is 1. The predicted molar refractivity (Wildman–Crippen MR) is 114 cm³/mol. The fourth-order valence-electron chi connectivity index (χ4n) is 4.55. The van der Waals surface area contributed by atoms with Crippen molar-refractivity contribution < 1.29 is 9.13 Å². The number of alkyl halides is 1. The number of halogens is 1. The number of H-pyrrole nitrogens is 1. The minimum absolute atomic E-state index is 0.144. The van der Waals surface area contributed by atoms with E-state index in [-0.39, 0.29) is 18.2 Å². The van der Waals surface area contributed by atoms with Crippen molar-refractivity contribution in [1.29, 1.82) is 0 Å². The van der Waals surface area contributed by atoms with Crippen molar-refractivity contribution in [2.45, 2.75) is 57.5 Å². The minimum atomic E-state index is -1.33. The van der Waals surface area contributed by atoms with Crippen molar-refractivity contribution in [3.8, 4) is 0 Å². The van der Waals surface area contributed by atoms with Gasteiger partial charge < -0.3 is 19.5 Å². The molecule has 1 aromatic carbocycles. The molecule has 2 aliphatic rings. The summed E-state index contributed by atoms with van der Waals surface area (Å²) in [4.78, 5) is 19.8. The molecule has 156 valence electrons. The molecule has 0 radical (unpaired) electrons. The normalized spacial score (nSPS) is 25.7. The third-order valence-electron chi connectivity index (χ3n) is 5.90. The molecule has 29 heavy (non-hydrogen) atoms. The molecule has 1 aromatic heterocycles. The lowest BCUT2D eigenvalue weighted by molar-refractivity contribution is -0.0881. The molecule has 1 unspecified atom stereocenters. The summed E-state index contributed by atoms with van der Waals surface area (Å²) in [6.07, 6.45) is 4.03. The van der Waals surface area contributed by atoms with Gasteiger partial charge >= 0.3 is 0 Å². The van der Waals surface area contributed by atoms with Crippen LogP contribution in [0.2, 0.25) is 0 Å². The Hall–Kier alpha value is -2.34. The molecule has 3 heterocycles. The molecule has 2 saturated heterocycles. The molecule has 4 rings (SSSR count). The lowest BCUT2D eigenvalue weighted by Crippen LogP contribution is -2.45. The minimum Gasteiger partial charge on any atom is -0.363 e. The Morgan fingerprint density at radius 3 is 2.76 bits per heavy atom. The highest BCUT2D eigenvalue weighted by Gasteiger charge is 2.27. The van der Waals surface area contributed by atoms with E-state index in [1.54, 1.807) is 6.07 Å². The zero-order valence-corrected chi connectivity index (χ0v) is 17.0. The summed E-state index contributed by atoms with van der Waals surface area (Å²) in [7, 11) is 0. The van der Waals surface area contributed by atoms with Crippen molar-refractivity contribution in [1.82, 2.24) is 4.98 Å². The number of benzene rings is 1. The van der Waals surface area contributed by atoms with Crippen molar-refractivity contribution in [3.05, 3.63) is 58.4 Å². The molecule has 2 aliphatic heterocycles. The average molecular weight is 400 g/mol. The van der Waals surface area contributed by atoms with Gasteiger partial charge in [-0.2, -0.15) is 0 Å². The van der Waals surface area contributed by atoms with Crippen LogP contribution in [0.1, 0.15) is 38.2 Å². The zero-order chi connectivity index (χ0) is 20.2. The van der Waals surface area contributed by atoms with Crippen LogP contribution in [0.25, 0.3) is 0 Å². The SMILES string of the molecule is C[C@@H]1CN(c2cc(N3CCCCCC3Cc3ccccc3)[nH]c(=O)c2)C[C@@H](F)O1. The van der Waals surface area contributed by atoms with Gasteiger partial charge in [-0.05, 0) is 31.7 Å². The van der Waals surface area contributed by atoms with Crippen LogP contribution in [0.3, 0.4) is 0 Å². The largest absolute Gasteiger partial charge is 0.363 e. The first-order chi connectivity index (χ1) is 14.1. The van der Waals surface area contributed by atoms with Gasteiger partial charge in [-0.15, -0.1) is 0 Å². The Labute approximate surface area is 171 Å². The Balaban J connectivity index is 1.62. The first-order valence-electron chi connectivity index (χ1n) is 10.7. The maximum Gasteiger partial charge on any atom is 0.251 e. The smallest absolute Gasteiger partial charge is 0.251 e. The molecule has 5 nitrogen and oxygen atoms in total. The Morgan fingerprint density at radius 2 is 1.97 bits per heavy atom. The highest BCUT2D eigenvalue weighted by atomic mass is 19.1. The second-order valence-corrected chi connectivity index (χ2v) is 8.24. The van der Waals surface area contributed by atoms with Gasteiger partial charge in [0.25, 0.3) is 5.56 Å². The van der Waals surface area contributed by atoms with Gasteiger partial charge in [-0.1, -0.05) is 43.2 Å².